The third-order valence-corrected chi connectivity index (χ3v) is 4.55. The van der Waals surface area contributed by atoms with E-state index in [0.717, 1.165) is 10.9 Å². The van der Waals surface area contributed by atoms with E-state index in [1.165, 1.54) is 0 Å². The second-order valence-electron chi connectivity index (χ2n) is 5.04. The molecule has 2 unspecified atom stereocenters. The predicted octanol–water partition coefficient (Wildman–Crippen LogP) is 2.62. The molecule has 0 aliphatic rings. The number of guanidine groups is 1. The Morgan fingerprint density at radius 3 is 2.38 bits per heavy atom. The number of rotatable bonds is 6. The SMILES string of the molecule is CN=C(NCCS(=O)c1ccccc1)NC(C)C(C)C.I. The molecule has 2 atom stereocenters. The molecule has 0 aliphatic heterocycles. The van der Waals surface area contributed by atoms with Gasteiger partial charge in [0.2, 0.25) is 0 Å². The minimum Gasteiger partial charge on any atom is -0.355 e. The molecule has 0 heterocycles. The summed E-state index contributed by atoms with van der Waals surface area (Å²) in [7, 11) is 0.778. The lowest BCUT2D eigenvalue weighted by Crippen LogP contribution is -2.45. The van der Waals surface area contributed by atoms with Crippen molar-refractivity contribution < 1.29 is 4.21 Å². The van der Waals surface area contributed by atoms with E-state index in [0.29, 0.717) is 24.3 Å². The van der Waals surface area contributed by atoms with E-state index in [-0.39, 0.29) is 24.0 Å². The summed E-state index contributed by atoms with van der Waals surface area (Å²) in [6.45, 7) is 7.08. The summed E-state index contributed by atoms with van der Waals surface area (Å²) in [4.78, 5) is 5.04. The molecule has 21 heavy (non-hydrogen) atoms. The average Bonchev–Trinajstić information content (AvgIpc) is 2.46. The van der Waals surface area contributed by atoms with Crippen LogP contribution in [0.15, 0.2) is 40.2 Å². The van der Waals surface area contributed by atoms with Crippen molar-refractivity contribution in [2.45, 2.75) is 31.7 Å². The van der Waals surface area contributed by atoms with Gasteiger partial charge in [-0.25, -0.2) is 0 Å². The zero-order valence-electron chi connectivity index (χ0n) is 13.1. The summed E-state index contributed by atoms with van der Waals surface area (Å²) in [6, 6.07) is 9.88. The van der Waals surface area contributed by atoms with Crippen LogP contribution < -0.4 is 10.6 Å². The van der Waals surface area contributed by atoms with Crippen molar-refractivity contribution in [1.82, 2.24) is 10.6 Å². The Morgan fingerprint density at radius 1 is 1.24 bits per heavy atom. The van der Waals surface area contributed by atoms with Gasteiger partial charge in [-0.2, -0.15) is 0 Å². The Balaban J connectivity index is 0.00000400. The van der Waals surface area contributed by atoms with Gasteiger partial charge < -0.3 is 10.6 Å². The van der Waals surface area contributed by atoms with E-state index in [4.69, 9.17) is 0 Å². The van der Waals surface area contributed by atoms with Crippen LogP contribution in [0.4, 0.5) is 0 Å². The van der Waals surface area contributed by atoms with Gasteiger partial charge in [-0.3, -0.25) is 9.20 Å². The maximum absolute atomic E-state index is 12.1. The second-order valence-corrected chi connectivity index (χ2v) is 6.61. The lowest BCUT2D eigenvalue weighted by Gasteiger charge is -2.20. The summed E-state index contributed by atoms with van der Waals surface area (Å²) in [6.07, 6.45) is 0. The highest BCUT2D eigenvalue weighted by molar-refractivity contribution is 14.0. The number of hydrogen-bond acceptors (Lipinski definition) is 2. The first kappa shape index (κ1) is 20.4. The Morgan fingerprint density at radius 2 is 1.86 bits per heavy atom. The van der Waals surface area contributed by atoms with Crippen LogP contribution in [0.2, 0.25) is 0 Å². The highest BCUT2D eigenvalue weighted by atomic mass is 127. The van der Waals surface area contributed by atoms with E-state index in [2.05, 4.69) is 36.4 Å². The standard InChI is InChI=1S/C15H25N3OS.HI/c1-12(2)13(3)18-15(16-4)17-10-11-20(19)14-8-6-5-7-9-14;/h5-9,12-13H,10-11H2,1-4H3,(H2,16,17,18);1H. The fraction of sp³-hybridized carbons (Fsp3) is 0.533. The van der Waals surface area contributed by atoms with Crippen LogP contribution in [0, 0.1) is 5.92 Å². The van der Waals surface area contributed by atoms with Crippen LogP contribution in [0.25, 0.3) is 0 Å². The minimum atomic E-state index is -0.969. The van der Waals surface area contributed by atoms with E-state index in [1.54, 1.807) is 7.05 Å². The third-order valence-electron chi connectivity index (χ3n) is 3.17. The van der Waals surface area contributed by atoms with Crippen LogP contribution in [-0.4, -0.2) is 35.6 Å². The lowest BCUT2D eigenvalue weighted by atomic mass is 10.1. The molecule has 1 rings (SSSR count). The molecule has 0 aliphatic carbocycles. The van der Waals surface area contributed by atoms with Gasteiger partial charge in [-0.1, -0.05) is 32.0 Å². The number of aliphatic imine (C=N–C) groups is 1. The van der Waals surface area contributed by atoms with E-state index < -0.39 is 10.8 Å². The Hall–Kier alpha value is -0.630. The summed E-state index contributed by atoms with van der Waals surface area (Å²) in [5, 5.41) is 6.52. The van der Waals surface area contributed by atoms with Gasteiger partial charge in [-0.15, -0.1) is 24.0 Å². The van der Waals surface area contributed by atoms with Crippen molar-refractivity contribution in [2.75, 3.05) is 19.3 Å². The Labute approximate surface area is 147 Å². The van der Waals surface area contributed by atoms with Crippen LogP contribution in [0.3, 0.4) is 0 Å². The first-order valence-corrected chi connectivity index (χ1v) is 8.27. The van der Waals surface area contributed by atoms with Crippen molar-refractivity contribution >= 4 is 40.7 Å². The predicted molar refractivity (Wildman–Crippen MR) is 102 cm³/mol. The molecular formula is C15H26IN3OS. The zero-order chi connectivity index (χ0) is 15.0. The minimum absolute atomic E-state index is 0. The second kappa shape index (κ2) is 11.0. The molecule has 0 bridgehead atoms. The lowest BCUT2D eigenvalue weighted by molar-refractivity contribution is 0.481. The number of halogens is 1. The topological polar surface area (TPSA) is 53.5 Å². The van der Waals surface area contributed by atoms with Gasteiger partial charge in [0.1, 0.15) is 0 Å². The van der Waals surface area contributed by atoms with Crippen molar-refractivity contribution in [1.29, 1.82) is 0 Å². The average molecular weight is 423 g/mol. The summed E-state index contributed by atoms with van der Waals surface area (Å²) in [5.74, 6) is 1.86. The Kier molecular flexibility index (Phi) is 10.7. The maximum atomic E-state index is 12.1. The molecule has 0 spiro atoms. The molecule has 1 aromatic carbocycles. The zero-order valence-corrected chi connectivity index (χ0v) is 16.3. The largest absolute Gasteiger partial charge is 0.355 e. The van der Waals surface area contributed by atoms with Crippen LogP contribution >= 0.6 is 24.0 Å². The molecule has 0 aromatic heterocycles. The smallest absolute Gasteiger partial charge is 0.191 e. The number of nitrogens with zero attached hydrogens (tertiary/aromatic N) is 1. The van der Waals surface area contributed by atoms with Gasteiger partial charge in [0.15, 0.2) is 5.96 Å². The van der Waals surface area contributed by atoms with Crippen molar-refractivity contribution in [3.05, 3.63) is 30.3 Å². The third kappa shape index (κ3) is 7.80. The van der Waals surface area contributed by atoms with Crippen LogP contribution in [0.1, 0.15) is 20.8 Å². The molecule has 4 nitrogen and oxygen atoms in total. The van der Waals surface area contributed by atoms with Gasteiger partial charge in [0.25, 0.3) is 0 Å². The van der Waals surface area contributed by atoms with E-state index >= 15 is 0 Å². The molecule has 0 amide bonds. The number of benzene rings is 1. The number of hydrogen-bond donors (Lipinski definition) is 2. The fourth-order valence-corrected chi connectivity index (χ4v) is 2.51. The molecule has 0 fully saturated rings. The highest BCUT2D eigenvalue weighted by Gasteiger charge is 2.09. The first-order valence-electron chi connectivity index (χ1n) is 6.95. The molecule has 0 radical (unpaired) electrons. The maximum Gasteiger partial charge on any atom is 0.191 e. The fourth-order valence-electron chi connectivity index (χ4n) is 1.53. The van der Waals surface area contributed by atoms with Gasteiger partial charge in [0.05, 0.1) is 10.8 Å². The van der Waals surface area contributed by atoms with Gasteiger partial charge in [0, 0.05) is 30.3 Å². The van der Waals surface area contributed by atoms with E-state index in [1.807, 2.05) is 30.3 Å². The van der Waals surface area contributed by atoms with Crippen molar-refractivity contribution in [2.24, 2.45) is 10.9 Å². The van der Waals surface area contributed by atoms with Crippen molar-refractivity contribution in [3.63, 3.8) is 0 Å². The number of nitrogens with one attached hydrogen (secondary N) is 2. The van der Waals surface area contributed by atoms with Crippen LogP contribution in [-0.2, 0) is 10.8 Å². The van der Waals surface area contributed by atoms with Crippen molar-refractivity contribution in [3.8, 4) is 0 Å². The van der Waals surface area contributed by atoms with Crippen LogP contribution in [0.5, 0.6) is 0 Å². The molecule has 2 N–H and O–H groups in total. The normalized spacial score (nSPS) is 14.2. The molecule has 6 heteroatoms. The molecular weight excluding hydrogens is 397 g/mol. The first-order chi connectivity index (χ1) is 9.54. The molecule has 0 saturated carbocycles. The summed E-state index contributed by atoms with van der Waals surface area (Å²) in [5.41, 5.74) is 0. The molecule has 0 saturated heterocycles. The van der Waals surface area contributed by atoms with E-state index in [9.17, 15) is 4.21 Å². The monoisotopic (exact) mass is 423 g/mol. The Bertz CT molecular complexity index is 451. The molecule has 120 valence electrons. The summed E-state index contributed by atoms with van der Waals surface area (Å²) < 4.78 is 12.1. The highest BCUT2D eigenvalue weighted by Crippen LogP contribution is 2.04. The van der Waals surface area contributed by atoms with Gasteiger partial charge in [-0.05, 0) is 25.0 Å². The quantitative estimate of drug-likeness (QED) is 0.420. The van der Waals surface area contributed by atoms with Gasteiger partial charge >= 0.3 is 0 Å². The molecule has 1 aromatic rings. The summed E-state index contributed by atoms with van der Waals surface area (Å²) >= 11 is 0.